The van der Waals surface area contributed by atoms with Crippen molar-refractivity contribution in [2.45, 2.75) is 46.3 Å². The summed E-state index contributed by atoms with van der Waals surface area (Å²) >= 11 is 6.42. The first kappa shape index (κ1) is 28.7. The number of likely N-dealkylation sites (tertiary alicyclic amines) is 1. The van der Waals surface area contributed by atoms with Crippen LogP contribution in [0.1, 0.15) is 50.3 Å². The molecule has 1 fully saturated rings. The first-order chi connectivity index (χ1) is 18.7. The monoisotopic (exact) mass is 552 g/mol. The van der Waals surface area contributed by atoms with Gasteiger partial charge >= 0.3 is 5.97 Å². The maximum atomic E-state index is 12.1. The van der Waals surface area contributed by atoms with Crippen molar-refractivity contribution in [1.29, 1.82) is 0 Å². The smallest absolute Gasteiger partial charge is 0.309 e. The summed E-state index contributed by atoms with van der Waals surface area (Å²) in [6, 6.07) is 11.4. The minimum absolute atomic E-state index is 0.000819. The Bertz CT molecular complexity index is 1370. The van der Waals surface area contributed by atoms with Crippen molar-refractivity contribution in [2.75, 3.05) is 19.7 Å². The SMILES string of the molecule is C=C(/N=C(\ON)c1ccc(OC(C)C)c(Cl)c1)c1cccc2c(CN3CCC(C(=O)OCC)CC3)cn(C)c12. The van der Waals surface area contributed by atoms with Gasteiger partial charge < -0.3 is 18.9 Å². The zero-order chi connectivity index (χ0) is 28.1. The van der Waals surface area contributed by atoms with Crippen molar-refractivity contribution in [1.82, 2.24) is 9.47 Å². The number of esters is 1. The largest absolute Gasteiger partial charge is 0.489 e. The normalized spacial score (nSPS) is 15.1. The van der Waals surface area contributed by atoms with Gasteiger partial charge in [-0.05, 0) is 70.5 Å². The van der Waals surface area contributed by atoms with Crippen LogP contribution in [-0.2, 0) is 28.0 Å². The summed E-state index contributed by atoms with van der Waals surface area (Å²) in [4.78, 5) is 24.3. The molecule has 2 heterocycles. The third-order valence-corrected chi connectivity index (χ3v) is 7.18. The number of nitrogens with zero attached hydrogens (tertiary/aromatic N) is 3. The van der Waals surface area contributed by atoms with Crippen molar-refractivity contribution in [3.8, 4) is 5.75 Å². The fourth-order valence-electron chi connectivity index (χ4n) is 5.06. The maximum Gasteiger partial charge on any atom is 0.309 e. The molecule has 0 aliphatic carbocycles. The van der Waals surface area contributed by atoms with Gasteiger partial charge in [0.15, 0.2) is 0 Å². The van der Waals surface area contributed by atoms with Crippen LogP contribution in [0.2, 0.25) is 5.02 Å². The quantitative estimate of drug-likeness (QED) is 0.158. The number of halogens is 1. The second-order valence-electron chi connectivity index (χ2n) is 10.1. The summed E-state index contributed by atoms with van der Waals surface area (Å²) in [5.74, 6) is 6.31. The summed E-state index contributed by atoms with van der Waals surface area (Å²) in [6.45, 7) is 12.9. The van der Waals surface area contributed by atoms with Gasteiger partial charge in [-0.1, -0.05) is 36.4 Å². The molecule has 1 saturated heterocycles. The van der Waals surface area contributed by atoms with Crippen molar-refractivity contribution in [2.24, 2.45) is 23.9 Å². The topological polar surface area (TPSA) is 91.3 Å². The molecule has 0 bridgehead atoms. The number of fused-ring (bicyclic) bond motifs is 1. The van der Waals surface area contributed by atoms with Gasteiger partial charge in [0.05, 0.1) is 34.9 Å². The molecule has 208 valence electrons. The second kappa shape index (κ2) is 12.7. The number of hydrogen-bond acceptors (Lipinski definition) is 7. The molecule has 9 heteroatoms. The molecule has 3 aromatic rings. The van der Waals surface area contributed by atoms with Crippen LogP contribution in [0.3, 0.4) is 0 Å². The Morgan fingerprint density at radius 3 is 2.62 bits per heavy atom. The minimum Gasteiger partial charge on any atom is -0.489 e. The van der Waals surface area contributed by atoms with Gasteiger partial charge in [0, 0.05) is 36.3 Å². The Hall–Kier alpha value is -3.33. The Morgan fingerprint density at radius 2 is 1.97 bits per heavy atom. The lowest BCUT2D eigenvalue weighted by atomic mass is 9.96. The molecule has 0 saturated carbocycles. The number of carbonyl (C=O) groups excluding carboxylic acids is 1. The molecular formula is C30H37ClN4O4. The number of aliphatic imine (C=N–C) groups is 1. The number of piperidine rings is 1. The van der Waals surface area contributed by atoms with E-state index in [9.17, 15) is 4.79 Å². The Morgan fingerprint density at radius 1 is 1.23 bits per heavy atom. The summed E-state index contributed by atoms with van der Waals surface area (Å²) in [7, 11) is 2.02. The third kappa shape index (κ3) is 6.64. The van der Waals surface area contributed by atoms with E-state index in [0.717, 1.165) is 48.9 Å². The van der Waals surface area contributed by atoms with Crippen LogP contribution in [0.5, 0.6) is 5.75 Å². The number of ether oxygens (including phenoxy) is 2. The molecule has 1 aliphatic rings. The maximum absolute atomic E-state index is 12.1. The Labute approximate surface area is 234 Å². The van der Waals surface area contributed by atoms with E-state index in [1.807, 2.05) is 40.0 Å². The number of aromatic nitrogens is 1. The van der Waals surface area contributed by atoms with Crippen LogP contribution >= 0.6 is 11.6 Å². The van der Waals surface area contributed by atoms with Crippen molar-refractivity contribution in [3.63, 3.8) is 0 Å². The van der Waals surface area contributed by atoms with E-state index in [1.54, 1.807) is 18.2 Å². The number of rotatable bonds is 9. The van der Waals surface area contributed by atoms with Crippen molar-refractivity contribution < 1.29 is 19.1 Å². The highest BCUT2D eigenvalue weighted by molar-refractivity contribution is 6.32. The number of carbonyl (C=O) groups is 1. The van der Waals surface area contributed by atoms with E-state index in [0.29, 0.717) is 28.6 Å². The number of para-hydroxylation sites is 1. The number of aryl methyl sites for hydroxylation is 1. The number of nitrogens with two attached hydrogens (primary N) is 1. The fourth-order valence-corrected chi connectivity index (χ4v) is 5.29. The summed E-state index contributed by atoms with van der Waals surface area (Å²) in [6.07, 6.45) is 3.78. The van der Waals surface area contributed by atoms with Crippen molar-refractivity contribution >= 4 is 40.1 Å². The molecule has 2 aromatic carbocycles. The first-order valence-corrected chi connectivity index (χ1v) is 13.7. The first-order valence-electron chi connectivity index (χ1n) is 13.3. The summed E-state index contributed by atoms with van der Waals surface area (Å²) in [5.41, 5.74) is 4.25. The van der Waals surface area contributed by atoms with Crippen molar-refractivity contribution in [3.05, 3.63) is 70.9 Å². The molecule has 0 atom stereocenters. The highest BCUT2D eigenvalue weighted by atomic mass is 35.5. The lowest BCUT2D eigenvalue weighted by molar-refractivity contribution is -0.149. The predicted molar refractivity (Wildman–Crippen MR) is 156 cm³/mol. The Balaban J connectivity index is 1.55. The lowest BCUT2D eigenvalue weighted by Crippen LogP contribution is -2.36. The fraction of sp³-hybridized carbons (Fsp3) is 0.400. The molecule has 0 radical (unpaired) electrons. The van der Waals surface area contributed by atoms with Gasteiger partial charge in [-0.3, -0.25) is 9.69 Å². The highest BCUT2D eigenvalue weighted by Gasteiger charge is 2.26. The molecule has 0 amide bonds. The van der Waals surface area contributed by atoms with E-state index < -0.39 is 0 Å². The zero-order valence-corrected chi connectivity index (χ0v) is 23.8. The zero-order valence-electron chi connectivity index (χ0n) is 23.1. The average Bonchev–Trinajstić information content (AvgIpc) is 3.23. The van der Waals surface area contributed by atoms with Crippen LogP contribution in [0.25, 0.3) is 16.6 Å². The van der Waals surface area contributed by atoms with Crippen LogP contribution < -0.4 is 10.6 Å². The average molecular weight is 553 g/mol. The summed E-state index contributed by atoms with van der Waals surface area (Å²) in [5, 5.41) is 1.57. The third-order valence-electron chi connectivity index (χ3n) is 6.89. The molecule has 8 nitrogen and oxygen atoms in total. The van der Waals surface area contributed by atoms with Crippen LogP contribution in [0, 0.1) is 5.92 Å². The Kier molecular flexibility index (Phi) is 9.32. The van der Waals surface area contributed by atoms with Gasteiger partial charge in [-0.15, -0.1) is 0 Å². The lowest BCUT2D eigenvalue weighted by Gasteiger charge is -2.30. The van der Waals surface area contributed by atoms with Crippen LogP contribution in [0.15, 0.2) is 54.2 Å². The molecule has 1 aliphatic heterocycles. The second-order valence-corrected chi connectivity index (χ2v) is 10.5. The molecule has 0 spiro atoms. The van der Waals surface area contributed by atoms with E-state index >= 15 is 0 Å². The van der Waals surface area contributed by atoms with Crippen LogP contribution in [-0.4, -0.2) is 47.1 Å². The van der Waals surface area contributed by atoms with E-state index in [4.69, 9.17) is 31.8 Å². The predicted octanol–water partition coefficient (Wildman–Crippen LogP) is 5.70. The summed E-state index contributed by atoms with van der Waals surface area (Å²) < 4.78 is 13.0. The molecule has 39 heavy (non-hydrogen) atoms. The number of benzene rings is 2. The van der Waals surface area contributed by atoms with Crippen LogP contribution in [0.4, 0.5) is 0 Å². The van der Waals surface area contributed by atoms with E-state index in [2.05, 4.69) is 33.3 Å². The van der Waals surface area contributed by atoms with E-state index in [1.165, 1.54) is 5.56 Å². The van der Waals surface area contributed by atoms with Gasteiger partial charge in [0.1, 0.15) is 5.75 Å². The molecule has 0 unspecified atom stereocenters. The van der Waals surface area contributed by atoms with Gasteiger partial charge in [0.25, 0.3) is 0 Å². The molecular weight excluding hydrogens is 516 g/mol. The standard InChI is InChI=1S/C30H37ClN4O4/c1-6-37-30(36)21-12-14-35(15-13-21)18-23-17-34(5)28-24(8-7-9-25(23)28)20(4)33-29(39-32)22-10-11-27(26(31)16-22)38-19(2)3/h7-11,16-17,19,21H,4,6,12-15,18,32H2,1-3,5H3/b33-29-. The molecule has 4 rings (SSSR count). The highest BCUT2D eigenvalue weighted by Crippen LogP contribution is 2.32. The number of hydrogen-bond donors (Lipinski definition) is 1. The van der Waals surface area contributed by atoms with Gasteiger partial charge in [0.2, 0.25) is 5.90 Å². The van der Waals surface area contributed by atoms with Gasteiger partial charge in [-0.25, -0.2) is 4.99 Å². The molecule has 1 aromatic heterocycles. The van der Waals surface area contributed by atoms with Gasteiger partial charge in [-0.2, -0.15) is 5.90 Å². The van der Waals surface area contributed by atoms with E-state index in [-0.39, 0.29) is 23.9 Å². The molecule has 2 N–H and O–H groups in total. The minimum atomic E-state index is -0.0750.